The molecular weight excluding hydrogens is 179 g/mol. The fourth-order valence-electron chi connectivity index (χ4n) is 0.266. The summed E-state index contributed by atoms with van der Waals surface area (Å²) in [7, 11) is 0. The summed E-state index contributed by atoms with van der Waals surface area (Å²) < 4.78 is 4.41. The van der Waals surface area contributed by atoms with Crippen LogP contribution in [0.3, 0.4) is 0 Å². The van der Waals surface area contributed by atoms with E-state index in [1.54, 1.807) is 0 Å². The molecule has 3 nitrogen and oxygen atoms in total. The fourth-order valence-corrected chi connectivity index (χ4v) is 0.392. The number of aliphatic hydroxyl groups excluding tert-OH is 1. The van der Waals surface area contributed by atoms with Gasteiger partial charge < -0.3 is 9.84 Å². The van der Waals surface area contributed by atoms with Crippen molar-refractivity contribution in [2.24, 2.45) is 0 Å². The maximum absolute atomic E-state index is 10.5. The molecule has 10 heavy (non-hydrogen) atoms. The summed E-state index contributed by atoms with van der Waals surface area (Å²) in [6.45, 7) is 1.42. The van der Waals surface area contributed by atoms with Crippen molar-refractivity contribution in [3.8, 4) is 0 Å². The highest BCUT2D eigenvalue weighted by Crippen LogP contribution is 2.03. The van der Waals surface area contributed by atoms with Gasteiger partial charge in [0, 0.05) is 0 Å². The highest BCUT2D eigenvalue weighted by atomic mass is 35.5. The van der Waals surface area contributed by atoms with E-state index in [1.165, 1.54) is 6.92 Å². The lowest BCUT2D eigenvalue weighted by Crippen LogP contribution is -2.19. The van der Waals surface area contributed by atoms with Gasteiger partial charge in [-0.3, -0.25) is 0 Å². The third-order valence-corrected chi connectivity index (χ3v) is 1.00. The highest BCUT2D eigenvalue weighted by molar-refractivity contribution is 6.52. The van der Waals surface area contributed by atoms with Crippen LogP contribution in [-0.4, -0.2) is 28.6 Å². The Labute approximate surface area is 68.9 Å². The van der Waals surface area contributed by atoms with Crippen LogP contribution in [-0.2, 0) is 9.53 Å². The summed E-state index contributed by atoms with van der Waals surface area (Å²) in [4.78, 5) is 9.28. The molecule has 0 saturated heterocycles. The number of hydrogen-bond donors (Lipinski definition) is 1. The first-order chi connectivity index (χ1) is 4.54. The molecule has 0 aromatic heterocycles. The Morgan fingerprint density at radius 1 is 1.70 bits per heavy atom. The van der Waals surface area contributed by atoms with Crippen LogP contribution >= 0.6 is 23.2 Å². The van der Waals surface area contributed by atoms with Crippen molar-refractivity contribution in [1.82, 2.24) is 0 Å². The average molecular weight is 187 g/mol. The molecule has 0 aromatic rings. The van der Waals surface area contributed by atoms with Gasteiger partial charge in [-0.1, -0.05) is 23.2 Å². The minimum Gasteiger partial charge on any atom is -0.461 e. The van der Waals surface area contributed by atoms with Crippen molar-refractivity contribution < 1.29 is 14.6 Å². The summed E-state index contributed by atoms with van der Waals surface area (Å²) in [5, 5.41) is 8.62. The Balaban J connectivity index is 3.40. The molecule has 0 heterocycles. The molecule has 0 aliphatic carbocycles. The first-order valence-electron chi connectivity index (χ1n) is 2.67. The van der Waals surface area contributed by atoms with Crippen LogP contribution in [0.25, 0.3) is 0 Å². The molecule has 1 atom stereocenters. The highest BCUT2D eigenvalue weighted by Gasteiger charge is 2.13. The molecule has 0 aliphatic rings. The van der Waals surface area contributed by atoms with Crippen LogP contribution in [0.15, 0.2) is 0 Å². The van der Waals surface area contributed by atoms with Crippen LogP contribution in [0.2, 0.25) is 0 Å². The monoisotopic (exact) mass is 186 g/mol. The molecule has 0 rings (SSSR count). The fraction of sp³-hybridized carbons (Fsp3) is 0.800. The van der Waals surface area contributed by atoms with Crippen molar-refractivity contribution >= 4 is 29.2 Å². The Bertz CT molecular complexity index is 113. The Morgan fingerprint density at radius 3 is 2.50 bits per heavy atom. The van der Waals surface area contributed by atoms with Gasteiger partial charge in [-0.05, 0) is 6.92 Å². The normalized spacial score (nSPS) is 13.3. The number of carbonyl (C=O) groups excluding carboxylic acids is 1. The average Bonchev–Trinajstić information content (AvgIpc) is 1.82. The van der Waals surface area contributed by atoms with E-state index < -0.39 is 16.9 Å². The van der Waals surface area contributed by atoms with Crippen molar-refractivity contribution in [2.45, 2.75) is 17.9 Å². The van der Waals surface area contributed by atoms with Gasteiger partial charge in [0.15, 0.2) is 0 Å². The summed E-state index contributed by atoms with van der Waals surface area (Å²) in [5.41, 5.74) is 0. The van der Waals surface area contributed by atoms with E-state index in [2.05, 4.69) is 4.74 Å². The SMILES string of the molecule is CC(O)COC(=O)C(Cl)Cl. The molecule has 1 unspecified atom stereocenters. The van der Waals surface area contributed by atoms with Gasteiger partial charge in [0.2, 0.25) is 4.84 Å². The van der Waals surface area contributed by atoms with E-state index in [9.17, 15) is 4.79 Å². The topological polar surface area (TPSA) is 46.5 Å². The molecule has 5 heteroatoms. The van der Waals surface area contributed by atoms with Crippen LogP contribution in [0.4, 0.5) is 0 Å². The maximum Gasteiger partial charge on any atom is 0.339 e. The van der Waals surface area contributed by atoms with E-state index in [0.717, 1.165) is 0 Å². The van der Waals surface area contributed by atoms with Crippen molar-refractivity contribution in [2.75, 3.05) is 6.61 Å². The number of aliphatic hydroxyl groups is 1. The number of esters is 1. The number of alkyl halides is 2. The lowest BCUT2D eigenvalue weighted by molar-refractivity contribution is -0.144. The molecule has 0 aromatic carbocycles. The first kappa shape index (κ1) is 10.0. The number of rotatable bonds is 3. The molecule has 0 fully saturated rings. The quantitative estimate of drug-likeness (QED) is 0.522. The molecular formula is C5H8Cl2O3. The molecule has 0 saturated carbocycles. The van der Waals surface area contributed by atoms with Crippen LogP contribution in [0, 0.1) is 0 Å². The zero-order chi connectivity index (χ0) is 8.15. The minimum absolute atomic E-state index is 0.0746. The molecule has 1 N–H and O–H groups in total. The predicted octanol–water partition coefficient (Wildman–Crippen LogP) is 0.714. The maximum atomic E-state index is 10.5. The van der Waals surface area contributed by atoms with Gasteiger partial charge in [-0.15, -0.1) is 0 Å². The van der Waals surface area contributed by atoms with Gasteiger partial charge in [0.25, 0.3) is 0 Å². The van der Waals surface area contributed by atoms with E-state index >= 15 is 0 Å². The number of carbonyl (C=O) groups is 1. The first-order valence-corrected chi connectivity index (χ1v) is 3.54. The lowest BCUT2D eigenvalue weighted by Gasteiger charge is -2.05. The van der Waals surface area contributed by atoms with Crippen LogP contribution in [0.1, 0.15) is 6.92 Å². The van der Waals surface area contributed by atoms with E-state index in [0.29, 0.717) is 0 Å². The van der Waals surface area contributed by atoms with Crippen molar-refractivity contribution in [3.63, 3.8) is 0 Å². The smallest absolute Gasteiger partial charge is 0.339 e. The zero-order valence-corrected chi connectivity index (χ0v) is 6.89. The largest absolute Gasteiger partial charge is 0.461 e. The van der Waals surface area contributed by atoms with Gasteiger partial charge in [0.1, 0.15) is 6.61 Å². The zero-order valence-electron chi connectivity index (χ0n) is 5.38. The molecule has 0 spiro atoms. The third-order valence-electron chi connectivity index (χ3n) is 0.645. The molecule has 0 radical (unpaired) electrons. The minimum atomic E-state index is -1.17. The van der Waals surface area contributed by atoms with Crippen molar-refractivity contribution in [1.29, 1.82) is 0 Å². The number of halogens is 2. The second-order valence-corrected chi connectivity index (χ2v) is 2.88. The molecule has 60 valence electrons. The van der Waals surface area contributed by atoms with Gasteiger partial charge >= 0.3 is 5.97 Å². The van der Waals surface area contributed by atoms with Gasteiger partial charge in [-0.25, -0.2) is 4.79 Å². The third kappa shape index (κ3) is 4.85. The second kappa shape index (κ2) is 4.77. The summed E-state index contributed by atoms with van der Waals surface area (Å²) in [5.74, 6) is -0.732. The van der Waals surface area contributed by atoms with E-state index in [-0.39, 0.29) is 6.61 Å². The Hall–Kier alpha value is 0.01000. The summed E-state index contributed by atoms with van der Waals surface area (Å²) >= 11 is 10.2. The van der Waals surface area contributed by atoms with Crippen LogP contribution in [0.5, 0.6) is 0 Å². The lowest BCUT2D eigenvalue weighted by atomic mass is 10.4. The van der Waals surface area contributed by atoms with Crippen LogP contribution < -0.4 is 0 Å². The molecule has 0 aliphatic heterocycles. The Morgan fingerprint density at radius 2 is 2.20 bits per heavy atom. The second-order valence-electron chi connectivity index (χ2n) is 1.78. The molecule has 0 amide bonds. The molecule has 0 bridgehead atoms. The number of ether oxygens (including phenoxy) is 1. The van der Waals surface area contributed by atoms with Crippen molar-refractivity contribution in [3.05, 3.63) is 0 Å². The van der Waals surface area contributed by atoms with Gasteiger partial charge in [-0.2, -0.15) is 0 Å². The predicted molar refractivity (Wildman–Crippen MR) is 38.1 cm³/mol. The number of hydrogen-bond acceptors (Lipinski definition) is 3. The van der Waals surface area contributed by atoms with E-state index in [1.807, 2.05) is 0 Å². The summed E-state index contributed by atoms with van der Waals surface area (Å²) in [6.07, 6.45) is -0.684. The Kier molecular flexibility index (Phi) is 4.77. The summed E-state index contributed by atoms with van der Waals surface area (Å²) in [6, 6.07) is 0. The standard InChI is InChI=1S/C5H8Cl2O3/c1-3(8)2-10-5(9)4(6)7/h3-4,8H,2H2,1H3. The van der Waals surface area contributed by atoms with Gasteiger partial charge in [0.05, 0.1) is 6.10 Å². The van der Waals surface area contributed by atoms with E-state index in [4.69, 9.17) is 28.3 Å².